The Morgan fingerprint density at radius 1 is 0.453 bits per heavy atom. The summed E-state index contributed by atoms with van der Waals surface area (Å²) in [4.78, 5) is 53.2. The molecular formula is C40H58O13. The highest BCUT2D eigenvalue weighted by Crippen LogP contribution is 2.43. The van der Waals surface area contributed by atoms with Gasteiger partial charge in [-0.15, -0.1) is 0 Å². The molecule has 4 saturated carbocycles. The number of rotatable bonds is 18. The zero-order chi connectivity index (χ0) is 36.7. The zero-order valence-corrected chi connectivity index (χ0v) is 31.4. The lowest BCUT2D eigenvalue weighted by molar-refractivity contribution is -0.204. The topological polar surface area (TPSA) is 161 Å². The van der Waals surface area contributed by atoms with Crippen LogP contribution in [0.3, 0.4) is 0 Å². The molecule has 13 atom stereocenters. The van der Waals surface area contributed by atoms with Crippen molar-refractivity contribution in [3.05, 3.63) is 0 Å². The van der Waals surface area contributed by atoms with E-state index in [9.17, 15) is 19.2 Å². The summed E-state index contributed by atoms with van der Waals surface area (Å²) in [6.07, 6.45) is 11.7. The van der Waals surface area contributed by atoms with Crippen LogP contribution in [0, 0.1) is 34.5 Å². The van der Waals surface area contributed by atoms with Crippen LogP contribution in [0.4, 0.5) is 0 Å². The molecule has 0 spiro atoms. The van der Waals surface area contributed by atoms with Gasteiger partial charge in [-0.05, 0) is 83.5 Å². The third kappa shape index (κ3) is 8.74. The Bertz CT molecular complexity index is 1320. The van der Waals surface area contributed by atoms with Crippen LogP contribution < -0.4 is 0 Å². The highest BCUT2D eigenvalue weighted by Gasteiger charge is 2.50. The third-order valence-corrected chi connectivity index (χ3v) is 13.8. The van der Waals surface area contributed by atoms with E-state index in [4.69, 9.17) is 42.6 Å². The van der Waals surface area contributed by atoms with Gasteiger partial charge in [0.1, 0.15) is 26.4 Å². The maximum Gasteiger partial charge on any atom is 0.311 e. The molecule has 13 unspecified atom stereocenters. The predicted molar refractivity (Wildman–Crippen MR) is 184 cm³/mol. The molecule has 9 rings (SSSR count). The van der Waals surface area contributed by atoms with Gasteiger partial charge in [-0.25, -0.2) is 0 Å². The molecule has 0 amide bonds. The van der Waals surface area contributed by atoms with Crippen molar-refractivity contribution in [1.29, 1.82) is 0 Å². The van der Waals surface area contributed by atoms with E-state index < -0.39 is 10.8 Å². The minimum absolute atomic E-state index is 0.0155. The molecule has 5 heterocycles. The van der Waals surface area contributed by atoms with E-state index in [1.54, 1.807) is 0 Å². The predicted octanol–water partition coefficient (Wildman–Crippen LogP) is 4.24. The smallest absolute Gasteiger partial charge is 0.311 e. The van der Waals surface area contributed by atoms with Crippen LogP contribution in [0.1, 0.15) is 104 Å². The number of hydrogen-bond donors (Lipinski definition) is 0. The average Bonchev–Trinajstić information content (AvgIpc) is 4.07. The first-order chi connectivity index (χ1) is 25.6. The van der Waals surface area contributed by atoms with Crippen molar-refractivity contribution >= 4 is 23.9 Å². The second-order valence-electron chi connectivity index (χ2n) is 17.5. The van der Waals surface area contributed by atoms with Gasteiger partial charge < -0.3 is 42.6 Å². The maximum absolute atomic E-state index is 13.3. The normalized spacial score (nSPS) is 39.6. The first-order valence-electron chi connectivity index (χ1n) is 20.5. The largest absolute Gasteiger partial charge is 0.465 e. The number of carbonyl (C=O) groups is 4. The van der Waals surface area contributed by atoms with E-state index in [2.05, 4.69) is 0 Å². The van der Waals surface area contributed by atoms with Crippen LogP contribution in [-0.4, -0.2) is 112 Å². The molecule has 9 fully saturated rings. The molecule has 0 aromatic rings. The van der Waals surface area contributed by atoms with Gasteiger partial charge in [0.2, 0.25) is 0 Å². The van der Waals surface area contributed by atoms with Gasteiger partial charge in [0.25, 0.3) is 0 Å². The lowest BCUT2D eigenvalue weighted by Gasteiger charge is -2.45. The maximum atomic E-state index is 13.3. The van der Waals surface area contributed by atoms with Crippen molar-refractivity contribution in [2.24, 2.45) is 34.5 Å². The van der Waals surface area contributed by atoms with E-state index in [0.717, 1.165) is 57.8 Å². The molecule has 5 aliphatic heterocycles. The molecule has 0 N–H and O–H groups in total. The molecular weight excluding hydrogens is 688 g/mol. The molecule has 13 nitrogen and oxygen atoms in total. The summed E-state index contributed by atoms with van der Waals surface area (Å²) in [6.45, 7) is 4.28. The second kappa shape index (κ2) is 15.7. The molecule has 0 aromatic heterocycles. The van der Waals surface area contributed by atoms with E-state index in [-0.39, 0.29) is 136 Å². The Labute approximate surface area is 312 Å². The van der Waals surface area contributed by atoms with Gasteiger partial charge >= 0.3 is 23.9 Å². The molecule has 0 radical (unpaired) electrons. The summed E-state index contributed by atoms with van der Waals surface area (Å²) in [5.74, 6) is -2.03. The van der Waals surface area contributed by atoms with Crippen LogP contribution in [0.15, 0.2) is 0 Å². The zero-order valence-electron chi connectivity index (χ0n) is 31.4. The summed E-state index contributed by atoms with van der Waals surface area (Å²) < 4.78 is 53.2. The van der Waals surface area contributed by atoms with Crippen LogP contribution in [-0.2, 0) is 61.8 Å². The minimum atomic E-state index is -0.824. The summed E-state index contributed by atoms with van der Waals surface area (Å²) in [6, 6.07) is 0. The van der Waals surface area contributed by atoms with Gasteiger partial charge in [0.15, 0.2) is 0 Å². The molecule has 296 valence electrons. The Morgan fingerprint density at radius 3 is 1.19 bits per heavy atom. The lowest BCUT2D eigenvalue weighted by Crippen LogP contribution is -2.51. The third-order valence-electron chi connectivity index (χ3n) is 13.8. The van der Waals surface area contributed by atoms with Crippen molar-refractivity contribution in [3.8, 4) is 0 Å². The fraction of sp³-hybridized carbons (Fsp3) is 0.900. The fourth-order valence-corrected chi connectivity index (χ4v) is 9.32. The van der Waals surface area contributed by atoms with Crippen molar-refractivity contribution in [1.82, 2.24) is 0 Å². The number of hydrogen-bond acceptors (Lipinski definition) is 13. The number of epoxide rings is 3. The standard InChI is InChI=1S/C40H58O13/c1-3-39(19-46-35(41)23-5-10-28-32(13-23)51-28,20-47-36(42)24-6-11-29-33(14-24)52-29)17-45-18-40(4-2,21-48-37(43)25-7-12-30-34(15-25)53-30)22-49-38(44)27-9-8-26-16-31(27)50-26/h23-34H,3-22H2,1-2H3. The van der Waals surface area contributed by atoms with Gasteiger partial charge in [-0.2, -0.15) is 0 Å². The van der Waals surface area contributed by atoms with E-state index in [1.807, 2.05) is 13.8 Å². The number of carbonyl (C=O) groups excluding carboxylic acids is 4. The summed E-state index contributed by atoms with van der Waals surface area (Å²) >= 11 is 0. The molecule has 13 heteroatoms. The molecule has 0 aromatic carbocycles. The second-order valence-corrected chi connectivity index (χ2v) is 17.5. The van der Waals surface area contributed by atoms with Crippen LogP contribution in [0.25, 0.3) is 0 Å². The van der Waals surface area contributed by atoms with Crippen LogP contribution in [0.5, 0.6) is 0 Å². The van der Waals surface area contributed by atoms with Crippen LogP contribution in [0.2, 0.25) is 0 Å². The summed E-state index contributed by atoms with van der Waals surface area (Å²) in [7, 11) is 0. The quantitative estimate of drug-likeness (QED) is 0.111. The number of esters is 4. The highest BCUT2D eigenvalue weighted by atomic mass is 16.6. The Morgan fingerprint density at radius 2 is 0.849 bits per heavy atom. The molecule has 53 heavy (non-hydrogen) atoms. The van der Waals surface area contributed by atoms with E-state index in [1.165, 1.54) is 0 Å². The van der Waals surface area contributed by atoms with Crippen molar-refractivity contribution in [2.45, 2.75) is 153 Å². The molecule has 5 saturated heterocycles. The summed E-state index contributed by atoms with van der Waals surface area (Å²) in [5.41, 5.74) is -1.64. The molecule has 2 bridgehead atoms. The number of fused-ring (bicyclic) bond motifs is 5. The van der Waals surface area contributed by atoms with Gasteiger partial charge in [0.05, 0.1) is 96.5 Å². The SMILES string of the molecule is CCC(COCC(CC)(COC(=O)C1CCC2OC2C1)COC(=O)C1CCC2CC1O2)(COC(=O)C1CCC2OC2C1)COC(=O)C1CCC2OC2C1. The molecule has 4 aliphatic carbocycles. The first kappa shape index (κ1) is 37.6. The monoisotopic (exact) mass is 746 g/mol. The van der Waals surface area contributed by atoms with Crippen molar-refractivity contribution in [2.75, 3.05) is 39.6 Å². The van der Waals surface area contributed by atoms with Crippen molar-refractivity contribution < 1.29 is 61.8 Å². The first-order valence-corrected chi connectivity index (χ1v) is 20.5. The van der Waals surface area contributed by atoms with Crippen LogP contribution >= 0.6 is 0 Å². The highest BCUT2D eigenvalue weighted by molar-refractivity contribution is 5.74. The van der Waals surface area contributed by atoms with Crippen molar-refractivity contribution in [3.63, 3.8) is 0 Å². The molecule has 9 aliphatic rings. The van der Waals surface area contributed by atoms with Gasteiger partial charge in [-0.1, -0.05) is 13.8 Å². The van der Waals surface area contributed by atoms with Gasteiger partial charge in [0, 0.05) is 6.42 Å². The number of ether oxygens (including phenoxy) is 9. The van der Waals surface area contributed by atoms with Gasteiger partial charge in [-0.3, -0.25) is 19.2 Å². The fourth-order valence-electron chi connectivity index (χ4n) is 9.32. The van der Waals surface area contributed by atoms with E-state index in [0.29, 0.717) is 32.1 Å². The average molecular weight is 747 g/mol. The Kier molecular flexibility index (Phi) is 11.1. The summed E-state index contributed by atoms with van der Waals surface area (Å²) in [5, 5.41) is 0. The minimum Gasteiger partial charge on any atom is -0.465 e. The Hall–Kier alpha value is -2.32. The lowest BCUT2D eigenvalue weighted by atomic mass is 9.80. The Balaban J connectivity index is 0.921. The van der Waals surface area contributed by atoms with E-state index >= 15 is 0 Å².